The molecule has 8 heteroatoms. The molecule has 0 bridgehead atoms. The minimum absolute atomic E-state index is 0.483. The maximum Gasteiger partial charge on any atom is 0.191 e. The summed E-state index contributed by atoms with van der Waals surface area (Å²) in [6, 6.07) is 4.59. The third kappa shape index (κ3) is 6.27. The number of morpholine rings is 1. The van der Waals surface area contributed by atoms with E-state index >= 15 is 0 Å². The van der Waals surface area contributed by atoms with Gasteiger partial charge in [0.1, 0.15) is 11.6 Å². The molecule has 170 valence electrons. The van der Waals surface area contributed by atoms with Gasteiger partial charge in [-0.15, -0.1) is 0 Å². The lowest BCUT2D eigenvalue weighted by atomic mass is 9.92. The van der Waals surface area contributed by atoms with E-state index in [0.29, 0.717) is 18.5 Å². The molecule has 2 aromatic heterocycles. The van der Waals surface area contributed by atoms with Gasteiger partial charge in [0.2, 0.25) is 0 Å². The highest BCUT2D eigenvalue weighted by Gasteiger charge is 2.27. The quantitative estimate of drug-likeness (QED) is 0.473. The topological polar surface area (TPSA) is 79.6 Å². The Bertz CT molecular complexity index is 808. The standard InChI is InChI=1S/C23H37N7O/c1-5-20(6-2)21(29-11-13-31-14-12-29)17-28-23(24-4)27-16-19-7-8-22(26-15-19)30-10-9-25-18(30)3/h7-10,15,20-21H,5-6,11-14,16-17H2,1-4H3,(H2,24,27,28). The van der Waals surface area contributed by atoms with Crippen molar-refractivity contribution in [2.24, 2.45) is 10.9 Å². The Hall–Kier alpha value is -2.45. The molecular weight excluding hydrogens is 390 g/mol. The van der Waals surface area contributed by atoms with Crippen LogP contribution in [0, 0.1) is 12.8 Å². The summed E-state index contributed by atoms with van der Waals surface area (Å²) in [6.45, 7) is 11.8. The van der Waals surface area contributed by atoms with Gasteiger partial charge in [-0.05, 0) is 24.5 Å². The molecule has 0 spiro atoms. The van der Waals surface area contributed by atoms with E-state index in [-0.39, 0.29) is 0 Å². The lowest BCUT2D eigenvalue weighted by Crippen LogP contribution is -2.53. The van der Waals surface area contributed by atoms with Gasteiger partial charge in [-0.2, -0.15) is 0 Å². The first-order chi connectivity index (χ1) is 15.2. The van der Waals surface area contributed by atoms with E-state index in [1.807, 2.05) is 37.0 Å². The van der Waals surface area contributed by atoms with Gasteiger partial charge in [0.15, 0.2) is 5.96 Å². The Kier molecular flexibility index (Phi) is 8.85. The number of aromatic nitrogens is 3. The van der Waals surface area contributed by atoms with Gasteiger partial charge in [0.05, 0.1) is 13.2 Å². The van der Waals surface area contributed by atoms with Gasteiger partial charge < -0.3 is 15.4 Å². The summed E-state index contributed by atoms with van der Waals surface area (Å²) in [7, 11) is 1.82. The molecule has 1 aliphatic rings. The predicted molar refractivity (Wildman–Crippen MR) is 125 cm³/mol. The Balaban J connectivity index is 1.55. The number of hydrogen-bond acceptors (Lipinski definition) is 5. The number of rotatable bonds is 9. The Morgan fingerprint density at radius 1 is 1.16 bits per heavy atom. The fraction of sp³-hybridized carbons (Fsp3) is 0.609. The number of nitrogens with zero attached hydrogens (tertiary/aromatic N) is 5. The molecule has 2 aromatic rings. The van der Waals surface area contributed by atoms with Gasteiger partial charge in [0, 0.05) is 57.9 Å². The number of nitrogens with one attached hydrogen (secondary N) is 2. The van der Waals surface area contributed by atoms with Crippen LogP contribution in [0.5, 0.6) is 0 Å². The molecule has 1 atom stereocenters. The van der Waals surface area contributed by atoms with Gasteiger partial charge in [-0.3, -0.25) is 14.5 Å². The Labute approximate surface area is 186 Å². The number of aryl methyl sites for hydroxylation is 1. The average molecular weight is 428 g/mol. The third-order valence-corrected chi connectivity index (χ3v) is 6.15. The lowest BCUT2D eigenvalue weighted by Gasteiger charge is -2.39. The molecule has 0 aromatic carbocycles. The molecule has 1 fully saturated rings. The number of imidazole rings is 1. The van der Waals surface area contributed by atoms with Gasteiger partial charge in [-0.1, -0.05) is 32.8 Å². The molecule has 1 aliphatic heterocycles. The van der Waals surface area contributed by atoms with E-state index in [1.165, 1.54) is 12.8 Å². The van der Waals surface area contributed by atoms with Crippen molar-refractivity contribution in [3.63, 3.8) is 0 Å². The second-order valence-corrected chi connectivity index (χ2v) is 7.97. The maximum atomic E-state index is 5.56. The van der Waals surface area contributed by atoms with Crippen molar-refractivity contribution in [3.8, 4) is 5.82 Å². The Morgan fingerprint density at radius 2 is 1.94 bits per heavy atom. The summed E-state index contributed by atoms with van der Waals surface area (Å²) in [4.78, 5) is 15.8. The van der Waals surface area contributed by atoms with Crippen LogP contribution in [0.15, 0.2) is 35.7 Å². The van der Waals surface area contributed by atoms with E-state index in [0.717, 1.165) is 56.0 Å². The first kappa shape index (κ1) is 23.2. The molecule has 3 rings (SSSR count). The highest BCUT2D eigenvalue weighted by Crippen LogP contribution is 2.19. The molecule has 0 radical (unpaired) electrons. The van der Waals surface area contributed by atoms with Gasteiger partial charge in [-0.25, -0.2) is 9.97 Å². The molecule has 31 heavy (non-hydrogen) atoms. The van der Waals surface area contributed by atoms with Crippen LogP contribution in [-0.4, -0.2) is 71.3 Å². The van der Waals surface area contributed by atoms with Crippen molar-refractivity contribution >= 4 is 5.96 Å². The van der Waals surface area contributed by atoms with E-state index < -0.39 is 0 Å². The lowest BCUT2D eigenvalue weighted by molar-refractivity contribution is 0.00272. The van der Waals surface area contributed by atoms with Crippen LogP contribution in [0.3, 0.4) is 0 Å². The molecule has 0 saturated carbocycles. The van der Waals surface area contributed by atoms with Crippen molar-refractivity contribution < 1.29 is 4.74 Å². The van der Waals surface area contributed by atoms with Gasteiger partial charge in [0.25, 0.3) is 0 Å². The summed E-state index contributed by atoms with van der Waals surface area (Å²) < 4.78 is 7.53. The second-order valence-electron chi connectivity index (χ2n) is 7.97. The van der Waals surface area contributed by atoms with Crippen molar-refractivity contribution in [2.45, 2.75) is 46.2 Å². The van der Waals surface area contributed by atoms with Crippen molar-refractivity contribution in [3.05, 3.63) is 42.1 Å². The van der Waals surface area contributed by atoms with Crippen LogP contribution < -0.4 is 10.6 Å². The largest absolute Gasteiger partial charge is 0.379 e. The summed E-state index contributed by atoms with van der Waals surface area (Å²) in [5.41, 5.74) is 1.11. The van der Waals surface area contributed by atoms with E-state index in [4.69, 9.17) is 4.74 Å². The number of ether oxygens (including phenoxy) is 1. The number of guanidine groups is 1. The molecule has 2 N–H and O–H groups in total. The van der Waals surface area contributed by atoms with E-state index in [2.05, 4.69) is 50.4 Å². The molecule has 1 saturated heterocycles. The fourth-order valence-corrected chi connectivity index (χ4v) is 4.23. The molecule has 1 unspecified atom stereocenters. The summed E-state index contributed by atoms with van der Waals surface area (Å²) >= 11 is 0. The van der Waals surface area contributed by atoms with E-state index in [1.54, 1.807) is 6.20 Å². The van der Waals surface area contributed by atoms with Crippen LogP contribution in [-0.2, 0) is 11.3 Å². The van der Waals surface area contributed by atoms with Crippen LogP contribution in [0.25, 0.3) is 5.82 Å². The van der Waals surface area contributed by atoms with Crippen molar-refractivity contribution in [2.75, 3.05) is 39.9 Å². The zero-order valence-electron chi connectivity index (χ0n) is 19.3. The summed E-state index contributed by atoms with van der Waals surface area (Å²) in [5.74, 6) is 3.28. The smallest absolute Gasteiger partial charge is 0.191 e. The monoisotopic (exact) mass is 427 g/mol. The minimum atomic E-state index is 0.483. The zero-order valence-corrected chi connectivity index (χ0v) is 19.3. The number of pyridine rings is 1. The second kappa shape index (κ2) is 11.8. The maximum absolute atomic E-state index is 5.56. The third-order valence-electron chi connectivity index (χ3n) is 6.15. The normalized spacial score (nSPS) is 16.5. The number of hydrogen-bond donors (Lipinski definition) is 2. The SMILES string of the molecule is CCC(CC)C(CNC(=NC)NCc1ccc(-n2ccnc2C)nc1)N1CCOCC1. The highest BCUT2D eigenvalue weighted by molar-refractivity contribution is 5.79. The minimum Gasteiger partial charge on any atom is -0.379 e. The summed E-state index contributed by atoms with van der Waals surface area (Å²) in [6.07, 6.45) is 7.97. The molecular formula is C23H37N7O. The van der Waals surface area contributed by atoms with Crippen LogP contribution in [0.2, 0.25) is 0 Å². The first-order valence-corrected chi connectivity index (χ1v) is 11.4. The van der Waals surface area contributed by atoms with Crippen LogP contribution in [0.4, 0.5) is 0 Å². The number of aliphatic imine (C=N–C) groups is 1. The first-order valence-electron chi connectivity index (χ1n) is 11.4. The Morgan fingerprint density at radius 3 is 2.52 bits per heavy atom. The molecule has 0 amide bonds. The average Bonchev–Trinajstić information content (AvgIpc) is 3.25. The van der Waals surface area contributed by atoms with Crippen molar-refractivity contribution in [1.29, 1.82) is 0 Å². The van der Waals surface area contributed by atoms with E-state index in [9.17, 15) is 0 Å². The fourth-order valence-electron chi connectivity index (χ4n) is 4.23. The van der Waals surface area contributed by atoms with Crippen LogP contribution >= 0.6 is 0 Å². The highest BCUT2D eigenvalue weighted by atomic mass is 16.5. The molecule has 8 nitrogen and oxygen atoms in total. The molecule has 3 heterocycles. The van der Waals surface area contributed by atoms with Crippen molar-refractivity contribution in [1.82, 2.24) is 30.1 Å². The van der Waals surface area contributed by atoms with Crippen LogP contribution in [0.1, 0.15) is 38.1 Å². The van der Waals surface area contributed by atoms with Gasteiger partial charge >= 0.3 is 0 Å². The summed E-state index contributed by atoms with van der Waals surface area (Å²) in [5, 5.41) is 6.97. The zero-order chi connectivity index (χ0) is 22.1. The predicted octanol–water partition coefficient (Wildman–Crippen LogP) is 2.38. The molecule has 0 aliphatic carbocycles.